The number of aliphatic hydroxyl groups is 1. The van der Waals surface area contributed by atoms with Gasteiger partial charge in [0.05, 0.1) is 26.4 Å². The Morgan fingerprint density at radius 2 is 0.500 bits per heavy atom. The summed E-state index contributed by atoms with van der Waals surface area (Å²) in [4.78, 5) is 72.8. The van der Waals surface area contributed by atoms with Crippen LogP contribution in [0.4, 0.5) is 0 Å². The summed E-state index contributed by atoms with van der Waals surface area (Å²) in [6.07, 6.45) is 59.5. The second-order valence-electron chi connectivity index (χ2n) is 28.0. The van der Waals surface area contributed by atoms with Gasteiger partial charge in [-0.25, -0.2) is 9.13 Å². The van der Waals surface area contributed by atoms with Gasteiger partial charge in [0.1, 0.15) is 19.3 Å². The molecule has 6 atom stereocenters. The molecule has 17 nitrogen and oxygen atoms in total. The minimum atomic E-state index is -4.96. The third-order valence-corrected chi connectivity index (χ3v) is 20.3. The lowest BCUT2D eigenvalue weighted by Crippen LogP contribution is -2.30. The molecule has 0 aliphatic carbocycles. The number of hydrogen-bond donors (Lipinski definition) is 3. The van der Waals surface area contributed by atoms with E-state index in [9.17, 15) is 43.2 Å². The molecule has 0 saturated carbocycles. The van der Waals surface area contributed by atoms with Crippen molar-refractivity contribution in [1.82, 2.24) is 0 Å². The molecule has 96 heavy (non-hydrogen) atoms. The summed E-state index contributed by atoms with van der Waals surface area (Å²) in [6.45, 7) is 7.35. The first-order chi connectivity index (χ1) is 46.6. The predicted octanol–water partition coefficient (Wildman–Crippen LogP) is 22.9. The Kier molecular flexibility index (Phi) is 68.7. The van der Waals surface area contributed by atoms with Crippen molar-refractivity contribution in [3.63, 3.8) is 0 Å². The van der Waals surface area contributed by atoms with Crippen LogP contribution in [0.25, 0.3) is 0 Å². The van der Waals surface area contributed by atoms with Gasteiger partial charge in [0.15, 0.2) is 12.2 Å². The molecule has 0 heterocycles. The van der Waals surface area contributed by atoms with E-state index in [4.69, 9.17) is 37.0 Å². The molecule has 570 valence electrons. The SMILES string of the molecule is CCCCCCCCCCCCCCCCCCC(=O)OC[C@H](COP(=O)(O)OC[C@@H](O)COP(=O)(O)OC[C@@H](COC(=O)CCCCCCCCCCC)OC(=O)CCCCCCCCCCCCCCC)OC(=O)CCCCCCCCCCCCCCCCC(C)CC. The van der Waals surface area contributed by atoms with Crippen LogP contribution in [-0.4, -0.2) is 96.7 Å². The van der Waals surface area contributed by atoms with Gasteiger partial charge >= 0.3 is 39.5 Å². The van der Waals surface area contributed by atoms with E-state index in [1.165, 1.54) is 231 Å². The largest absolute Gasteiger partial charge is 0.472 e. The Bertz CT molecular complexity index is 1840. The van der Waals surface area contributed by atoms with Crippen LogP contribution in [-0.2, 0) is 65.4 Å². The highest BCUT2D eigenvalue weighted by molar-refractivity contribution is 7.47. The second kappa shape index (κ2) is 70.1. The first-order valence-electron chi connectivity index (χ1n) is 40.2. The maximum Gasteiger partial charge on any atom is 0.472 e. The quantitative estimate of drug-likeness (QED) is 0.0222. The first kappa shape index (κ1) is 94.1. The van der Waals surface area contributed by atoms with Gasteiger partial charge in [-0.15, -0.1) is 0 Å². The zero-order valence-electron chi connectivity index (χ0n) is 62.5. The highest BCUT2D eigenvalue weighted by atomic mass is 31.2. The van der Waals surface area contributed by atoms with Gasteiger partial charge < -0.3 is 33.8 Å². The standard InChI is InChI=1S/C77H150O17P2/c1-6-10-13-16-19-22-24-26-27-28-33-36-41-46-51-56-61-75(80)88-67-73(94-77(82)63-58-53-48-43-38-34-30-29-32-35-40-44-49-54-59-70(5)9-4)69-92-96(85,86)90-65-71(78)64-89-95(83,84)91-68-72(66-87-74(79)60-55-50-45-39-21-18-15-12-8-3)93-76(81)62-57-52-47-42-37-31-25-23-20-17-14-11-7-2/h70-73,78H,6-69H2,1-5H3,(H,83,84)(H,85,86)/t70?,71-,72+,73+/m0/s1. The number of phosphoric ester groups is 2. The molecule has 0 radical (unpaired) electrons. The van der Waals surface area contributed by atoms with Crippen molar-refractivity contribution in [1.29, 1.82) is 0 Å². The number of carbonyl (C=O) groups is 4. The molecule has 0 aromatic rings. The summed E-state index contributed by atoms with van der Waals surface area (Å²) < 4.78 is 68.5. The van der Waals surface area contributed by atoms with E-state index in [-0.39, 0.29) is 25.7 Å². The second-order valence-corrected chi connectivity index (χ2v) is 30.9. The molecular weight excluding hydrogens is 1260 g/mol. The van der Waals surface area contributed by atoms with Gasteiger partial charge in [0.2, 0.25) is 0 Å². The normalized spacial score (nSPS) is 14.2. The van der Waals surface area contributed by atoms with Crippen molar-refractivity contribution < 1.29 is 80.2 Å². The van der Waals surface area contributed by atoms with E-state index in [0.717, 1.165) is 95.8 Å². The lowest BCUT2D eigenvalue weighted by molar-refractivity contribution is -0.161. The maximum absolute atomic E-state index is 13.1. The van der Waals surface area contributed by atoms with Gasteiger partial charge in [-0.05, 0) is 31.6 Å². The smallest absolute Gasteiger partial charge is 0.462 e. The number of esters is 4. The number of phosphoric acid groups is 2. The highest BCUT2D eigenvalue weighted by Gasteiger charge is 2.30. The number of rotatable bonds is 77. The molecular formula is C77H150O17P2. The maximum atomic E-state index is 13.1. The van der Waals surface area contributed by atoms with E-state index in [1.807, 2.05) is 0 Å². The molecule has 0 bridgehead atoms. The fraction of sp³-hybridized carbons (Fsp3) is 0.948. The molecule has 3 N–H and O–H groups in total. The molecule has 0 fully saturated rings. The van der Waals surface area contributed by atoms with Crippen LogP contribution in [0.5, 0.6) is 0 Å². The van der Waals surface area contributed by atoms with Crippen molar-refractivity contribution in [2.24, 2.45) is 5.92 Å². The third kappa shape index (κ3) is 69.2. The number of ether oxygens (including phenoxy) is 4. The summed E-state index contributed by atoms with van der Waals surface area (Å²) in [5.41, 5.74) is 0. The molecule has 0 aliphatic heterocycles. The van der Waals surface area contributed by atoms with Gasteiger partial charge in [0.25, 0.3) is 0 Å². The summed E-state index contributed by atoms with van der Waals surface area (Å²) in [5.74, 6) is -1.27. The zero-order chi connectivity index (χ0) is 70.5. The number of carbonyl (C=O) groups excluding carboxylic acids is 4. The van der Waals surface area contributed by atoms with Crippen LogP contribution in [0.1, 0.15) is 407 Å². The molecule has 19 heteroatoms. The fourth-order valence-electron chi connectivity index (χ4n) is 11.8. The van der Waals surface area contributed by atoms with Crippen LogP contribution < -0.4 is 0 Å². The summed E-state index contributed by atoms with van der Waals surface area (Å²) in [6, 6.07) is 0. The topological polar surface area (TPSA) is 237 Å². The number of unbranched alkanes of at least 4 members (excludes halogenated alkanes) is 48. The highest BCUT2D eigenvalue weighted by Crippen LogP contribution is 2.45. The Morgan fingerprint density at radius 1 is 0.292 bits per heavy atom. The average Bonchev–Trinajstić information content (AvgIpc) is 1.17. The van der Waals surface area contributed by atoms with Crippen LogP contribution in [0.3, 0.4) is 0 Å². The molecule has 0 amide bonds. The third-order valence-electron chi connectivity index (χ3n) is 18.4. The molecule has 0 spiro atoms. The van der Waals surface area contributed by atoms with Crippen molar-refractivity contribution in [3.8, 4) is 0 Å². The Hall–Kier alpha value is -1.94. The minimum absolute atomic E-state index is 0.108. The Labute approximate surface area is 588 Å². The molecule has 3 unspecified atom stereocenters. The molecule has 0 saturated heterocycles. The van der Waals surface area contributed by atoms with Crippen LogP contribution in [0, 0.1) is 5.92 Å². The lowest BCUT2D eigenvalue weighted by Gasteiger charge is -2.21. The molecule has 0 rings (SSSR count). The summed E-state index contributed by atoms with van der Waals surface area (Å²) >= 11 is 0. The number of hydrogen-bond acceptors (Lipinski definition) is 15. The lowest BCUT2D eigenvalue weighted by atomic mass is 9.99. The van der Waals surface area contributed by atoms with E-state index in [2.05, 4.69) is 34.6 Å². The van der Waals surface area contributed by atoms with Crippen molar-refractivity contribution in [2.75, 3.05) is 39.6 Å². The van der Waals surface area contributed by atoms with Crippen LogP contribution in [0.15, 0.2) is 0 Å². The Balaban J connectivity index is 5.23. The Morgan fingerprint density at radius 3 is 0.740 bits per heavy atom. The summed E-state index contributed by atoms with van der Waals surface area (Å²) in [5, 5.41) is 10.6. The zero-order valence-corrected chi connectivity index (χ0v) is 64.3. The monoisotopic (exact) mass is 1410 g/mol. The van der Waals surface area contributed by atoms with Crippen LogP contribution in [0.2, 0.25) is 0 Å². The molecule has 0 aromatic heterocycles. The van der Waals surface area contributed by atoms with Crippen molar-refractivity contribution in [3.05, 3.63) is 0 Å². The molecule has 0 aromatic carbocycles. The van der Waals surface area contributed by atoms with Gasteiger partial charge in [-0.2, -0.15) is 0 Å². The van der Waals surface area contributed by atoms with E-state index in [0.29, 0.717) is 25.7 Å². The van der Waals surface area contributed by atoms with E-state index < -0.39 is 97.5 Å². The van der Waals surface area contributed by atoms with Gasteiger partial charge in [0, 0.05) is 25.7 Å². The van der Waals surface area contributed by atoms with Crippen molar-refractivity contribution in [2.45, 2.75) is 425 Å². The average molecular weight is 1410 g/mol. The summed E-state index contributed by atoms with van der Waals surface area (Å²) in [7, 11) is -9.91. The van der Waals surface area contributed by atoms with Crippen molar-refractivity contribution >= 4 is 39.5 Å². The number of aliphatic hydroxyl groups excluding tert-OH is 1. The molecule has 0 aliphatic rings. The van der Waals surface area contributed by atoms with E-state index in [1.54, 1.807) is 0 Å². The van der Waals surface area contributed by atoms with Gasteiger partial charge in [-0.1, -0.05) is 356 Å². The minimum Gasteiger partial charge on any atom is -0.462 e. The predicted molar refractivity (Wildman–Crippen MR) is 391 cm³/mol. The van der Waals surface area contributed by atoms with E-state index >= 15 is 0 Å². The van der Waals surface area contributed by atoms with Crippen LogP contribution >= 0.6 is 15.6 Å². The fourth-order valence-corrected chi connectivity index (χ4v) is 13.4. The first-order valence-corrected chi connectivity index (χ1v) is 43.2. The van der Waals surface area contributed by atoms with Gasteiger partial charge in [-0.3, -0.25) is 37.3 Å².